The summed E-state index contributed by atoms with van der Waals surface area (Å²) in [5.74, 6) is 0.441. The molecule has 0 spiro atoms. The lowest BCUT2D eigenvalue weighted by atomic mass is 10.1. The third-order valence-corrected chi connectivity index (χ3v) is 6.45. The quantitative estimate of drug-likeness (QED) is 0.249. The molecule has 0 saturated heterocycles. The van der Waals surface area contributed by atoms with Crippen LogP contribution in [0.15, 0.2) is 65.2 Å². The van der Waals surface area contributed by atoms with Gasteiger partial charge in [0.15, 0.2) is 10.8 Å². The number of benzene rings is 2. The summed E-state index contributed by atoms with van der Waals surface area (Å²) in [5.41, 5.74) is 3.36. The largest absolute Gasteiger partial charge is 0.512 e. The minimum absolute atomic E-state index is 0.327. The van der Waals surface area contributed by atoms with Gasteiger partial charge in [-0.05, 0) is 37.6 Å². The molecule has 0 aliphatic rings. The van der Waals surface area contributed by atoms with E-state index in [0.717, 1.165) is 16.0 Å². The van der Waals surface area contributed by atoms with Gasteiger partial charge in [-0.25, -0.2) is 9.59 Å². The summed E-state index contributed by atoms with van der Waals surface area (Å²) in [6.45, 7) is 3.44. The smallest absolute Gasteiger partial charge is 0.449 e. The van der Waals surface area contributed by atoms with Crippen LogP contribution in [0.1, 0.15) is 34.8 Å². The molecule has 2 aromatic heterocycles. The summed E-state index contributed by atoms with van der Waals surface area (Å²) < 4.78 is 15.5. The lowest BCUT2D eigenvalue weighted by molar-refractivity contribution is 0.121. The topological polar surface area (TPSA) is 111 Å². The average molecular weight is 513 g/mol. The van der Waals surface area contributed by atoms with Gasteiger partial charge in [0.1, 0.15) is 17.5 Å². The van der Waals surface area contributed by atoms with E-state index >= 15 is 0 Å². The van der Waals surface area contributed by atoms with Crippen molar-refractivity contribution in [3.05, 3.63) is 87.5 Å². The van der Waals surface area contributed by atoms with Crippen LogP contribution in [-0.2, 0) is 11.2 Å². The minimum Gasteiger partial charge on any atom is -0.449 e. The average Bonchev–Trinajstić information content (AvgIpc) is 3.40. The minimum atomic E-state index is -1.34. The molecule has 8 nitrogen and oxygen atoms in total. The molecule has 4 aromatic rings. The van der Waals surface area contributed by atoms with Gasteiger partial charge in [0.25, 0.3) is 0 Å². The first-order valence-electron chi connectivity index (χ1n) is 10.6. The van der Waals surface area contributed by atoms with Gasteiger partial charge in [0, 0.05) is 27.4 Å². The number of thiophene rings is 1. The molecule has 2 aromatic carbocycles. The first-order valence-corrected chi connectivity index (χ1v) is 11.8. The molecule has 1 unspecified atom stereocenters. The number of nitrogens with zero attached hydrogens (tertiary/aromatic N) is 1. The molecule has 35 heavy (non-hydrogen) atoms. The molecule has 0 aliphatic heterocycles. The van der Waals surface area contributed by atoms with Crippen molar-refractivity contribution < 1.29 is 28.7 Å². The molecule has 180 valence electrons. The van der Waals surface area contributed by atoms with Crippen molar-refractivity contribution in [2.75, 3.05) is 5.32 Å². The highest BCUT2D eigenvalue weighted by Gasteiger charge is 2.20. The van der Waals surface area contributed by atoms with E-state index in [2.05, 4.69) is 15.2 Å². The number of anilines is 1. The van der Waals surface area contributed by atoms with Crippen molar-refractivity contribution in [3.8, 4) is 16.3 Å². The number of amides is 1. The zero-order valence-electron chi connectivity index (χ0n) is 18.8. The molecule has 4 rings (SSSR count). The fourth-order valence-corrected chi connectivity index (χ4v) is 4.62. The first kappa shape index (κ1) is 24.3. The number of carboxylic acid groups (broad SMARTS) is 1. The SMILES string of the molecule is Cc1onc(-c2ccc(Cc3ccc(OC(=O)O)s3)cc2)c1NC(=O)OC(C)c1ccccc1Cl. The molecular formula is C25H21ClN2O6S. The van der Waals surface area contributed by atoms with Crippen LogP contribution in [0.2, 0.25) is 5.02 Å². The van der Waals surface area contributed by atoms with E-state index in [1.165, 1.54) is 11.3 Å². The summed E-state index contributed by atoms with van der Waals surface area (Å²) in [7, 11) is 0. The van der Waals surface area contributed by atoms with Gasteiger partial charge < -0.3 is 19.1 Å². The Labute approximate surface area is 210 Å². The fourth-order valence-electron chi connectivity index (χ4n) is 3.45. The van der Waals surface area contributed by atoms with Crippen molar-refractivity contribution in [3.63, 3.8) is 0 Å². The summed E-state index contributed by atoms with van der Waals surface area (Å²) in [5, 5.41) is 16.4. The Bertz CT molecular complexity index is 1350. The van der Waals surface area contributed by atoms with Crippen LogP contribution >= 0.6 is 22.9 Å². The number of hydrogen-bond acceptors (Lipinski definition) is 7. The maximum absolute atomic E-state index is 12.6. The fraction of sp³-hybridized carbons (Fsp3) is 0.160. The van der Waals surface area contributed by atoms with Crippen LogP contribution in [-0.4, -0.2) is 22.5 Å². The third kappa shape index (κ3) is 6.00. The zero-order chi connectivity index (χ0) is 24.9. The molecule has 10 heteroatoms. The van der Waals surface area contributed by atoms with Crippen molar-refractivity contribution in [2.45, 2.75) is 26.4 Å². The van der Waals surface area contributed by atoms with Gasteiger partial charge in [-0.3, -0.25) is 5.32 Å². The standard InChI is InChI=1S/C25H21ClN2O6S/c1-14(19-5-3-4-6-20(19)26)32-24(29)27-22-15(2)34-28-23(22)17-9-7-16(8-10-17)13-18-11-12-21(35-18)33-25(30)31/h3-12,14H,13H2,1-2H3,(H,27,29)(H,30,31). The van der Waals surface area contributed by atoms with Crippen LogP contribution in [0.5, 0.6) is 5.06 Å². The summed E-state index contributed by atoms with van der Waals surface area (Å²) in [6, 6.07) is 18.2. The van der Waals surface area contributed by atoms with Crippen molar-refractivity contribution in [2.24, 2.45) is 0 Å². The van der Waals surface area contributed by atoms with Crippen LogP contribution in [0.25, 0.3) is 11.3 Å². The molecule has 1 atom stereocenters. The number of rotatable bonds is 7. The number of aryl methyl sites for hydroxylation is 1. The Hall–Kier alpha value is -3.82. The van der Waals surface area contributed by atoms with Crippen LogP contribution in [0.3, 0.4) is 0 Å². The molecule has 1 amide bonds. The summed E-state index contributed by atoms with van der Waals surface area (Å²) in [6.07, 6.45) is -1.93. The Morgan fingerprint density at radius 1 is 1.14 bits per heavy atom. The van der Waals surface area contributed by atoms with E-state index in [-0.39, 0.29) is 0 Å². The van der Waals surface area contributed by atoms with Gasteiger partial charge in [-0.1, -0.05) is 59.2 Å². The van der Waals surface area contributed by atoms with Crippen LogP contribution < -0.4 is 10.1 Å². The molecular weight excluding hydrogens is 492 g/mol. The zero-order valence-corrected chi connectivity index (χ0v) is 20.4. The number of carbonyl (C=O) groups is 2. The molecule has 0 saturated carbocycles. The molecule has 0 radical (unpaired) electrons. The number of halogens is 1. The number of carbonyl (C=O) groups excluding carboxylic acids is 1. The van der Waals surface area contributed by atoms with Gasteiger partial charge >= 0.3 is 12.2 Å². The maximum Gasteiger partial charge on any atom is 0.512 e. The number of ether oxygens (including phenoxy) is 2. The van der Waals surface area contributed by atoms with E-state index < -0.39 is 18.4 Å². The first-order chi connectivity index (χ1) is 16.8. The van der Waals surface area contributed by atoms with E-state index in [1.54, 1.807) is 32.0 Å². The molecule has 0 aliphatic carbocycles. The Balaban J connectivity index is 1.44. The maximum atomic E-state index is 12.6. The van der Waals surface area contributed by atoms with E-state index in [0.29, 0.717) is 39.2 Å². The highest BCUT2D eigenvalue weighted by Crippen LogP contribution is 2.32. The summed E-state index contributed by atoms with van der Waals surface area (Å²) >= 11 is 7.47. The molecule has 2 N–H and O–H groups in total. The summed E-state index contributed by atoms with van der Waals surface area (Å²) in [4.78, 5) is 24.2. The predicted molar refractivity (Wildman–Crippen MR) is 132 cm³/mol. The van der Waals surface area contributed by atoms with Crippen molar-refractivity contribution >= 4 is 40.9 Å². The third-order valence-electron chi connectivity index (χ3n) is 5.15. The monoisotopic (exact) mass is 512 g/mol. The number of hydrogen-bond donors (Lipinski definition) is 2. The van der Waals surface area contributed by atoms with E-state index in [1.807, 2.05) is 42.5 Å². The van der Waals surface area contributed by atoms with E-state index in [4.69, 9.17) is 26.0 Å². The van der Waals surface area contributed by atoms with Crippen molar-refractivity contribution in [1.82, 2.24) is 5.16 Å². The molecule has 0 fully saturated rings. The van der Waals surface area contributed by atoms with Crippen molar-refractivity contribution in [1.29, 1.82) is 0 Å². The lowest BCUT2D eigenvalue weighted by Crippen LogP contribution is -2.17. The Morgan fingerprint density at radius 2 is 1.89 bits per heavy atom. The van der Waals surface area contributed by atoms with Gasteiger partial charge in [-0.2, -0.15) is 0 Å². The number of nitrogens with one attached hydrogen (secondary N) is 1. The number of aromatic nitrogens is 1. The van der Waals surface area contributed by atoms with Crippen LogP contribution in [0.4, 0.5) is 15.3 Å². The second kappa shape index (κ2) is 10.6. The predicted octanol–water partition coefficient (Wildman–Crippen LogP) is 7.32. The van der Waals surface area contributed by atoms with Gasteiger partial charge in [0.2, 0.25) is 0 Å². The van der Waals surface area contributed by atoms with Gasteiger partial charge in [0.05, 0.1) is 0 Å². The Morgan fingerprint density at radius 3 is 2.60 bits per heavy atom. The second-order valence-electron chi connectivity index (χ2n) is 7.62. The Kier molecular flexibility index (Phi) is 7.38. The molecule has 0 bridgehead atoms. The lowest BCUT2D eigenvalue weighted by Gasteiger charge is -2.15. The highest BCUT2D eigenvalue weighted by molar-refractivity contribution is 7.13. The van der Waals surface area contributed by atoms with E-state index in [9.17, 15) is 9.59 Å². The van der Waals surface area contributed by atoms with Crippen LogP contribution in [0, 0.1) is 6.92 Å². The highest BCUT2D eigenvalue weighted by atomic mass is 35.5. The second-order valence-corrected chi connectivity index (χ2v) is 9.16. The van der Waals surface area contributed by atoms with Gasteiger partial charge in [-0.15, -0.1) is 11.3 Å². The normalized spacial score (nSPS) is 11.6. The molecule has 2 heterocycles.